The Balaban J connectivity index is 1.84. The van der Waals surface area contributed by atoms with Crippen molar-refractivity contribution < 1.29 is 14.7 Å². The molecule has 21 heavy (non-hydrogen) atoms. The number of fused-ring (bicyclic) bond motifs is 1. The van der Waals surface area contributed by atoms with Crippen LogP contribution in [0.2, 0.25) is 0 Å². The largest absolute Gasteiger partial charge is 0.478 e. The van der Waals surface area contributed by atoms with Gasteiger partial charge in [-0.15, -0.1) is 11.3 Å². The van der Waals surface area contributed by atoms with E-state index in [1.165, 1.54) is 11.3 Å². The van der Waals surface area contributed by atoms with Crippen molar-refractivity contribution in [1.29, 1.82) is 0 Å². The number of carbonyl (C=O) groups is 2. The number of aromatic nitrogens is 1. The van der Waals surface area contributed by atoms with Crippen molar-refractivity contribution in [2.24, 2.45) is 0 Å². The molecule has 1 aliphatic heterocycles. The summed E-state index contributed by atoms with van der Waals surface area (Å²) in [4.78, 5) is 29.4. The molecule has 0 saturated carbocycles. The van der Waals surface area contributed by atoms with Crippen LogP contribution in [0.3, 0.4) is 0 Å². The third-order valence-electron chi connectivity index (χ3n) is 3.53. The van der Waals surface area contributed by atoms with Gasteiger partial charge in [0.15, 0.2) is 0 Å². The molecule has 6 heteroatoms. The minimum atomic E-state index is -0.979. The lowest BCUT2D eigenvalue weighted by Crippen LogP contribution is -2.30. The van der Waals surface area contributed by atoms with Crippen molar-refractivity contribution in [2.75, 3.05) is 11.4 Å². The maximum atomic E-state index is 12.4. The van der Waals surface area contributed by atoms with Crippen LogP contribution in [0, 0.1) is 6.92 Å². The molecule has 1 amide bonds. The number of rotatable bonds is 3. The van der Waals surface area contributed by atoms with E-state index in [4.69, 9.17) is 5.11 Å². The molecule has 5 nitrogen and oxygen atoms in total. The summed E-state index contributed by atoms with van der Waals surface area (Å²) in [6, 6.07) is 4.95. The summed E-state index contributed by atoms with van der Waals surface area (Å²) < 4.78 is 0. The Morgan fingerprint density at radius 2 is 2.24 bits per heavy atom. The highest BCUT2D eigenvalue weighted by atomic mass is 32.1. The second-order valence-electron chi connectivity index (χ2n) is 4.98. The maximum absolute atomic E-state index is 12.4. The van der Waals surface area contributed by atoms with Crippen LogP contribution in [0.25, 0.3) is 0 Å². The smallest absolute Gasteiger partial charge is 0.335 e. The SMILES string of the molecule is Cc1nc(CC(=O)N2CCc3ccc(C(=O)O)cc32)cs1. The molecule has 108 valence electrons. The number of amides is 1. The van der Waals surface area contributed by atoms with Crippen LogP contribution in [0.4, 0.5) is 5.69 Å². The number of carboxylic acid groups (broad SMARTS) is 1. The fourth-order valence-electron chi connectivity index (χ4n) is 2.51. The van der Waals surface area contributed by atoms with Crippen LogP contribution in [-0.4, -0.2) is 28.5 Å². The van der Waals surface area contributed by atoms with Gasteiger partial charge in [0.05, 0.1) is 22.7 Å². The number of thiazole rings is 1. The Morgan fingerprint density at radius 1 is 1.43 bits per heavy atom. The number of benzene rings is 1. The highest BCUT2D eigenvalue weighted by molar-refractivity contribution is 7.09. The number of nitrogens with zero attached hydrogens (tertiary/aromatic N) is 2. The summed E-state index contributed by atoms with van der Waals surface area (Å²) >= 11 is 1.52. The van der Waals surface area contributed by atoms with Gasteiger partial charge >= 0.3 is 5.97 Å². The van der Waals surface area contributed by atoms with Crippen LogP contribution in [0.1, 0.15) is 26.6 Å². The van der Waals surface area contributed by atoms with E-state index in [0.29, 0.717) is 12.2 Å². The predicted octanol–water partition coefficient (Wildman–Crippen LogP) is 2.28. The Labute approximate surface area is 125 Å². The summed E-state index contributed by atoms with van der Waals surface area (Å²) in [7, 11) is 0. The molecule has 3 rings (SSSR count). The van der Waals surface area contributed by atoms with Crippen molar-refractivity contribution in [2.45, 2.75) is 19.8 Å². The fraction of sp³-hybridized carbons (Fsp3) is 0.267. The molecule has 0 radical (unpaired) electrons. The van der Waals surface area contributed by atoms with Gasteiger partial charge in [-0.25, -0.2) is 9.78 Å². The van der Waals surface area contributed by atoms with E-state index >= 15 is 0 Å². The summed E-state index contributed by atoms with van der Waals surface area (Å²) in [5.41, 5.74) is 2.71. The number of anilines is 1. The van der Waals surface area contributed by atoms with Crippen molar-refractivity contribution in [3.63, 3.8) is 0 Å². The van der Waals surface area contributed by atoms with Gasteiger partial charge in [0.1, 0.15) is 0 Å². The molecule has 0 saturated heterocycles. The van der Waals surface area contributed by atoms with Crippen LogP contribution in [0.5, 0.6) is 0 Å². The third kappa shape index (κ3) is 2.67. The van der Waals surface area contributed by atoms with Crippen LogP contribution >= 0.6 is 11.3 Å². The molecule has 1 N–H and O–H groups in total. The second kappa shape index (κ2) is 5.29. The second-order valence-corrected chi connectivity index (χ2v) is 6.04. The number of hydrogen-bond donors (Lipinski definition) is 1. The van der Waals surface area contributed by atoms with E-state index in [-0.39, 0.29) is 17.9 Å². The lowest BCUT2D eigenvalue weighted by atomic mass is 10.1. The number of aryl methyl sites for hydroxylation is 1. The zero-order valence-electron chi connectivity index (χ0n) is 11.5. The number of hydrogen-bond acceptors (Lipinski definition) is 4. The Bertz CT molecular complexity index is 723. The maximum Gasteiger partial charge on any atom is 0.335 e. The zero-order valence-corrected chi connectivity index (χ0v) is 12.3. The van der Waals surface area contributed by atoms with Gasteiger partial charge in [-0.3, -0.25) is 4.79 Å². The van der Waals surface area contributed by atoms with Crippen molar-refractivity contribution in [3.05, 3.63) is 45.4 Å². The Kier molecular flexibility index (Phi) is 3.47. The van der Waals surface area contributed by atoms with Gasteiger partial charge in [0.2, 0.25) is 5.91 Å². The van der Waals surface area contributed by atoms with Crippen molar-refractivity contribution in [3.8, 4) is 0 Å². The first-order valence-electron chi connectivity index (χ1n) is 6.62. The molecule has 0 atom stereocenters. The summed E-state index contributed by atoms with van der Waals surface area (Å²) in [5, 5.41) is 11.9. The van der Waals surface area contributed by atoms with Gasteiger partial charge in [-0.2, -0.15) is 0 Å². The molecule has 0 fully saturated rings. The average molecular weight is 302 g/mol. The Morgan fingerprint density at radius 3 is 2.90 bits per heavy atom. The molecular formula is C15H14N2O3S. The predicted molar refractivity (Wildman–Crippen MR) is 80.0 cm³/mol. The fourth-order valence-corrected chi connectivity index (χ4v) is 3.12. The first-order valence-corrected chi connectivity index (χ1v) is 7.50. The van der Waals surface area contributed by atoms with Gasteiger partial charge in [-0.05, 0) is 31.0 Å². The average Bonchev–Trinajstić information content (AvgIpc) is 3.04. The molecule has 0 aliphatic carbocycles. The minimum Gasteiger partial charge on any atom is -0.478 e. The van der Waals surface area contributed by atoms with E-state index in [9.17, 15) is 9.59 Å². The van der Waals surface area contributed by atoms with E-state index in [0.717, 1.165) is 22.7 Å². The quantitative estimate of drug-likeness (QED) is 0.944. The van der Waals surface area contributed by atoms with E-state index in [1.807, 2.05) is 12.3 Å². The zero-order chi connectivity index (χ0) is 15.0. The molecule has 2 heterocycles. The Hall–Kier alpha value is -2.21. The lowest BCUT2D eigenvalue weighted by Gasteiger charge is -2.17. The van der Waals surface area contributed by atoms with Crippen molar-refractivity contribution in [1.82, 2.24) is 4.98 Å². The van der Waals surface area contributed by atoms with Gasteiger partial charge in [0, 0.05) is 17.6 Å². The van der Waals surface area contributed by atoms with E-state index < -0.39 is 5.97 Å². The molecule has 0 spiro atoms. The first kappa shape index (κ1) is 13.8. The summed E-state index contributed by atoms with van der Waals surface area (Å²) in [6.07, 6.45) is 1.01. The monoisotopic (exact) mass is 302 g/mol. The number of carboxylic acids is 1. The standard InChI is InChI=1S/C15H14N2O3S/c1-9-16-12(8-21-9)7-14(18)17-5-4-10-2-3-11(15(19)20)6-13(10)17/h2-3,6,8H,4-5,7H2,1H3,(H,19,20). The molecule has 1 aliphatic rings. The highest BCUT2D eigenvalue weighted by Crippen LogP contribution is 2.29. The van der Waals surface area contributed by atoms with Gasteiger partial charge in [-0.1, -0.05) is 6.07 Å². The van der Waals surface area contributed by atoms with Gasteiger partial charge in [0.25, 0.3) is 0 Å². The molecule has 0 bridgehead atoms. The van der Waals surface area contributed by atoms with E-state index in [1.54, 1.807) is 23.1 Å². The first-order chi connectivity index (χ1) is 10.0. The van der Waals surface area contributed by atoms with Crippen LogP contribution in [-0.2, 0) is 17.6 Å². The number of carbonyl (C=O) groups excluding carboxylic acids is 1. The third-order valence-corrected chi connectivity index (χ3v) is 4.35. The normalized spacial score (nSPS) is 13.3. The lowest BCUT2D eigenvalue weighted by molar-refractivity contribution is -0.117. The van der Waals surface area contributed by atoms with Crippen LogP contribution < -0.4 is 4.90 Å². The van der Waals surface area contributed by atoms with Gasteiger partial charge < -0.3 is 10.0 Å². The summed E-state index contributed by atoms with van der Waals surface area (Å²) in [5.74, 6) is -1.02. The van der Waals surface area contributed by atoms with E-state index in [2.05, 4.69) is 4.98 Å². The molecule has 0 unspecified atom stereocenters. The molecule has 1 aromatic carbocycles. The highest BCUT2D eigenvalue weighted by Gasteiger charge is 2.26. The number of aromatic carboxylic acids is 1. The molecule has 1 aromatic heterocycles. The molecule has 2 aromatic rings. The molecular weight excluding hydrogens is 288 g/mol. The van der Waals surface area contributed by atoms with Crippen molar-refractivity contribution >= 4 is 28.9 Å². The summed E-state index contributed by atoms with van der Waals surface area (Å²) in [6.45, 7) is 2.50. The van der Waals surface area contributed by atoms with Crippen LogP contribution in [0.15, 0.2) is 23.6 Å². The topological polar surface area (TPSA) is 70.5 Å². The minimum absolute atomic E-state index is 0.0402.